The van der Waals surface area contributed by atoms with Crippen LogP contribution < -0.4 is 10.1 Å². The smallest absolute Gasteiger partial charge is 0.165 e. The van der Waals surface area contributed by atoms with Crippen LogP contribution in [-0.4, -0.2) is 18.7 Å². The van der Waals surface area contributed by atoms with E-state index in [1.807, 2.05) is 0 Å². The Balaban J connectivity index is 1.77. The van der Waals surface area contributed by atoms with Crippen LogP contribution in [0.3, 0.4) is 0 Å². The van der Waals surface area contributed by atoms with Gasteiger partial charge in [-0.1, -0.05) is 26.2 Å². The van der Waals surface area contributed by atoms with E-state index in [-0.39, 0.29) is 17.3 Å². The lowest BCUT2D eigenvalue weighted by Crippen LogP contribution is -2.65. The van der Waals surface area contributed by atoms with Crippen LogP contribution in [0.15, 0.2) is 18.2 Å². The average Bonchev–Trinajstić information content (AvgIpc) is 2.50. The molecule has 0 aliphatic heterocycles. The Kier molecular flexibility index (Phi) is 4.16. The maximum absolute atomic E-state index is 13.8. The highest BCUT2D eigenvalue weighted by molar-refractivity contribution is 5.26. The summed E-state index contributed by atoms with van der Waals surface area (Å²) < 4.78 is 33.0. The molecule has 4 heteroatoms. The molecule has 2 saturated carbocycles. The van der Waals surface area contributed by atoms with Crippen LogP contribution in [0, 0.1) is 17.0 Å². The van der Waals surface area contributed by atoms with Crippen molar-refractivity contribution in [1.82, 2.24) is 5.32 Å². The van der Waals surface area contributed by atoms with Gasteiger partial charge in [-0.25, -0.2) is 8.78 Å². The van der Waals surface area contributed by atoms with E-state index in [1.165, 1.54) is 19.3 Å². The normalized spacial score (nSPS) is 27.4. The van der Waals surface area contributed by atoms with Gasteiger partial charge >= 0.3 is 0 Å². The third-order valence-corrected chi connectivity index (χ3v) is 5.18. The summed E-state index contributed by atoms with van der Waals surface area (Å²) in [6, 6.07) is 3.87. The van der Waals surface area contributed by atoms with E-state index in [2.05, 4.69) is 12.2 Å². The van der Waals surface area contributed by atoms with Crippen molar-refractivity contribution in [2.24, 2.45) is 5.41 Å². The Bertz CT molecular complexity index is 500. The van der Waals surface area contributed by atoms with Gasteiger partial charge in [-0.05, 0) is 31.5 Å². The van der Waals surface area contributed by atoms with Gasteiger partial charge in [0.1, 0.15) is 11.9 Å². The number of ether oxygens (including phenoxy) is 1. The van der Waals surface area contributed by atoms with Gasteiger partial charge in [0.05, 0.1) is 0 Å². The van der Waals surface area contributed by atoms with Gasteiger partial charge in [-0.3, -0.25) is 0 Å². The van der Waals surface area contributed by atoms with Crippen molar-refractivity contribution in [3.63, 3.8) is 0 Å². The van der Waals surface area contributed by atoms with Crippen LogP contribution in [0.2, 0.25) is 0 Å². The lowest BCUT2D eigenvalue weighted by Gasteiger charge is -2.57. The summed E-state index contributed by atoms with van der Waals surface area (Å²) in [4.78, 5) is 0. The van der Waals surface area contributed by atoms with Crippen LogP contribution in [-0.2, 0) is 0 Å². The maximum Gasteiger partial charge on any atom is 0.165 e. The highest BCUT2D eigenvalue weighted by atomic mass is 19.1. The van der Waals surface area contributed by atoms with Gasteiger partial charge in [-0.2, -0.15) is 0 Å². The summed E-state index contributed by atoms with van der Waals surface area (Å²) in [5, 5.41) is 3.54. The number of halogens is 2. The molecule has 0 saturated heterocycles. The second kappa shape index (κ2) is 5.91. The fraction of sp³-hybridized carbons (Fsp3) is 0.647. The molecule has 2 unspecified atom stereocenters. The van der Waals surface area contributed by atoms with E-state index in [1.54, 1.807) is 0 Å². The molecule has 0 heterocycles. The molecule has 2 nitrogen and oxygen atoms in total. The van der Waals surface area contributed by atoms with E-state index in [0.29, 0.717) is 6.04 Å². The molecule has 21 heavy (non-hydrogen) atoms. The molecule has 1 spiro atoms. The summed E-state index contributed by atoms with van der Waals surface area (Å²) in [5.74, 6) is -0.874. The van der Waals surface area contributed by atoms with Crippen LogP contribution in [0.4, 0.5) is 8.78 Å². The first-order valence-corrected chi connectivity index (χ1v) is 8.01. The van der Waals surface area contributed by atoms with Gasteiger partial charge in [-0.15, -0.1) is 0 Å². The number of hydrogen-bond acceptors (Lipinski definition) is 2. The molecule has 2 aliphatic rings. The van der Waals surface area contributed by atoms with Gasteiger partial charge in [0, 0.05) is 23.9 Å². The molecule has 0 bridgehead atoms. The third-order valence-electron chi connectivity index (χ3n) is 5.18. The number of rotatable bonds is 4. The van der Waals surface area contributed by atoms with Crippen molar-refractivity contribution < 1.29 is 13.5 Å². The molecule has 0 aromatic heterocycles. The first-order valence-electron chi connectivity index (χ1n) is 8.01. The van der Waals surface area contributed by atoms with Crippen molar-refractivity contribution in [2.45, 2.75) is 57.6 Å². The van der Waals surface area contributed by atoms with Crippen molar-refractivity contribution >= 4 is 0 Å². The second-order valence-corrected chi connectivity index (χ2v) is 6.32. The second-order valence-electron chi connectivity index (χ2n) is 6.32. The van der Waals surface area contributed by atoms with Gasteiger partial charge in [0.15, 0.2) is 11.6 Å². The van der Waals surface area contributed by atoms with Crippen LogP contribution in [0.25, 0.3) is 0 Å². The van der Waals surface area contributed by atoms with Crippen LogP contribution in [0.1, 0.15) is 45.4 Å². The number of benzene rings is 1. The minimum Gasteiger partial charge on any atom is -0.487 e. The largest absolute Gasteiger partial charge is 0.487 e. The van der Waals surface area contributed by atoms with Crippen molar-refractivity contribution in [3.8, 4) is 5.75 Å². The summed E-state index contributed by atoms with van der Waals surface area (Å²) in [5.41, 5.74) is 0.104. The SMILES string of the molecule is CCNC1CC(Oc2cc(F)ccc2F)C12CCCCC2. The van der Waals surface area contributed by atoms with E-state index in [9.17, 15) is 8.78 Å². The highest BCUT2D eigenvalue weighted by Crippen LogP contribution is 2.53. The topological polar surface area (TPSA) is 21.3 Å². The lowest BCUT2D eigenvalue weighted by atomic mass is 9.55. The molecule has 1 aromatic carbocycles. The molecule has 2 fully saturated rings. The van der Waals surface area contributed by atoms with Gasteiger partial charge in [0.2, 0.25) is 0 Å². The van der Waals surface area contributed by atoms with Crippen molar-refractivity contribution in [1.29, 1.82) is 0 Å². The quantitative estimate of drug-likeness (QED) is 0.905. The van der Waals surface area contributed by atoms with E-state index in [0.717, 1.165) is 44.0 Å². The fourth-order valence-electron chi connectivity index (χ4n) is 4.05. The zero-order valence-corrected chi connectivity index (χ0v) is 12.5. The van der Waals surface area contributed by atoms with E-state index >= 15 is 0 Å². The van der Waals surface area contributed by atoms with Crippen molar-refractivity contribution in [3.05, 3.63) is 29.8 Å². The molecule has 116 valence electrons. The lowest BCUT2D eigenvalue weighted by molar-refractivity contribution is -0.103. The van der Waals surface area contributed by atoms with Crippen LogP contribution >= 0.6 is 0 Å². The number of nitrogens with one attached hydrogen (secondary N) is 1. The molecule has 1 aromatic rings. The Morgan fingerprint density at radius 1 is 1.24 bits per heavy atom. The molecule has 2 aliphatic carbocycles. The molecule has 0 radical (unpaired) electrons. The first-order chi connectivity index (χ1) is 10.2. The van der Waals surface area contributed by atoms with Gasteiger partial charge in [0.25, 0.3) is 0 Å². The zero-order valence-electron chi connectivity index (χ0n) is 12.5. The Morgan fingerprint density at radius 2 is 2.00 bits per heavy atom. The molecule has 2 atom stereocenters. The molecular formula is C17H23F2NO. The summed E-state index contributed by atoms with van der Waals surface area (Å²) in [7, 11) is 0. The Labute approximate surface area is 124 Å². The Hall–Kier alpha value is -1.16. The minimum atomic E-state index is -0.478. The minimum absolute atomic E-state index is 0.00171. The summed E-state index contributed by atoms with van der Waals surface area (Å²) in [6.45, 7) is 3.05. The summed E-state index contributed by atoms with van der Waals surface area (Å²) >= 11 is 0. The van der Waals surface area contributed by atoms with Crippen LogP contribution in [0.5, 0.6) is 5.75 Å². The number of hydrogen-bond donors (Lipinski definition) is 1. The van der Waals surface area contributed by atoms with Crippen molar-refractivity contribution in [2.75, 3.05) is 6.54 Å². The molecule has 3 rings (SSSR count). The Morgan fingerprint density at radius 3 is 2.71 bits per heavy atom. The standard InChI is InChI=1S/C17H23F2NO/c1-2-20-15-11-16(17(15)8-4-3-5-9-17)21-14-10-12(18)6-7-13(14)19/h6-7,10,15-16,20H,2-5,8-9,11H2,1H3. The third kappa shape index (κ3) is 2.66. The van der Waals surface area contributed by atoms with Gasteiger partial charge < -0.3 is 10.1 Å². The zero-order chi connectivity index (χ0) is 14.9. The predicted octanol–water partition coefficient (Wildman–Crippen LogP) is 4.04. The summed E-state index contributed by atoms with van der Waals surface area (Å²) in [6.07, 6.45) is 6.78. The fourth-order valence-corrected chi connectivity index (χ4v) is 4.05. The van der Waals surface area contributed by atoms with E-state index in [4.69, 9.17) is 4.74 Å². The first kappa shape index (κ1) is 14.8. The highest BCUT2D eigenvalue weighted by Gasteiger charge is 2.56. The monoisotopic (exact) mass is 295 g/mol. The van der Waals surface area contributed by atoms with E-state index < -0.39 is 11.6 Å². The molecular weight excluding hydrogens is 272 g/mol. The predicted molar refractivity (Wildman–Crippen MR) is 78.4 cm³/mol. The molecule has 1 N–H and O–H groups in total. The molecule has 0 amide bonds. The average molecular weight is 295 g/mol. The maximum atomic E-state index is 13.8.